The van der Waals surface area contributed by atoms with E-state index in [1.807, 2.05) is 30.3 Å². The number of hydrogen-bond acceptors (Lipinski definition) is 3. The summed E-state index contributed by atoms with van der Waals surface area (Å²) in [5.74, 6) is -0.331. The van der Waals surface area contributed by atoms with Gasteiger partial charge >= 0.3 is 0 Å². The Kier molecular flexibility index (Phi) is 5.75. The third-order valence-corrected chi connectivity index (χ3v) is 3.58. The third kappa shape index (κ3) is 5.19. The minimum atomic E-state index is -0.327. The van der Waals surface area contributed by atoms with Crippen molar-refractivity contribution in [2.45, 2.75) is 37.6 Å². The fourth-order valence-electron chi connectivity index (χ4n) is 2.19. The van der Waals surface area contributed by atoms with E-state index in [9.17, 15) is 9.59 Å². The van der Waals surface area contributed by atoms with E-state index in [-0.39, 0.29) is 24.3 Å². The molecule has 2 rings (SSSR count). The molecule has 1 aromatic rings. The zero-order valence-corrected chi connectivity index (χ0v) is 12.2. The molecule has 1 unspecified atom stereocenters. The number of hydrogen-bond donors (Lipinski definition) is 3. The number of rotatable bonds is 8. The Morgan fingerprint density at radius 3 is 2.57 bits per heavy atom. The van der Waals surface area contributed by atoms with Crippen LogP contribution in [0, 0.1) is 0 Å². The summed E-state index contributed by atoms with van der Waals surface area (Å²) in [5, 5.41) is 5.79. The Balaban J connectivity index is 1.69. The van der Waals surface area contributed by atoms with Crippen LogP contribution in [-0.4, -0.2) is 30.9 Å². The van der Waals surface area contributed by atoms with E-state index in [2.05, 4.69) is 10.6 Å². The van der Waals surface area contributed by atoms with Crippen molar-refractivity contribution in [2.24, 2.45) is 5.73 Å². The van der Waals surface area contributed by atoms with Crippen molar-refractivity contribution in [2.75, 3.05) is 13.1 Å². The van der Waals surface area contributed by atoms with Crippen LogP contribution in [0.25, 0.3) is 0 Å². The first-order chi connectivity index (χ1) is 10.2. The van der Waals surface area contributed by atoms with Gasteiger partial charge in [-0.2, -0.15) is 0 Å². The number of carbonyl (C=O) groups is 2. The second-order valence-electron chi connectivity index (χ2n) is 5.44. The Hall–Kier alpha value is -1.88. The fraction of sp³-hybridized carbons (Fsp3) is 0.500. The lowest BCUT2D eigenvalue weighted by molar-refractivity contribution is -0.123. The normalized spacial score (nSPS) is 15.3. The maximum atomic E-state index is 12.1. The molecule has 21 heavy (non-hydrogen) atoms. The number of nitrogens with two attached hydrogens (primary N) is 1. The molecular formula is C16H23N3O2. The van der Waals surface area contributed by atoms with Crippen molar-refractivity contribution in [1.82, 2.24) is 10.6 Å². The van der Waals surface area contributed by atoms with Gasteiger partial charge in [-0.05, 0) is 24.8 Å². The van der Waals surface area contributed by atoms with E-state index < -0.39 is 0 Å². The summed E-state index contributed by atoms with van der Waals surface area (Å²) < 4.78 is 0. The highest BCUT2D eigenvalue weighted by atomic mass is 16.2. The molecule has 114 valence electrons. The van der Waals surface area contributed by atoms with Gasteiger partial charge in [0, 0.05) is 25.6 Å². The first kappa shape index (κ1) is 15.5. The Morgan fingerprint density at radius 1 is 1.24 bits per heavy atom. The lowest BCUT2D eigenvalue weighted by Gasteiger charge is -2.15. The lowest BCUT2D eigenvalue weighted by Crippen LogP contribution is -2.34. The highest BCUT2D eigenvalue weighted by Gasteiger charge is 2.23. The molecule has 0 bridgehead atoms. The van der Waals surface area contributed by atoms with Crippen LogP contribution in [0.3, 0.4) is 0 Å². The van der Waals surface area contributed by atoms with Crippen molar-refractivity contribution in [3.8, 4) is 0 Å². The topological polar surface area (TPSA) is 84.2 Å². The molecule has 5 heteroatoms. The summed E-state index contributed by atoms with van der Waals surface area (Å²) in [5.41, 5.74) is 6.62. The van der Waals surface area contributed by atoms with E-state index in [4.69, 9.17) is 5.73 Å². The van der Waals surface area contributed by atoms with Crippen LogP contribution in [0.1, 0.15) is 37.2 Å². The molecule has 1 saturated carbocycles. The molecule has 1 fully saturated rings. The molecule has 1 aromatic carbocycles. The predicted molar refractivity (Wildman–Crippen MR) is 81.6 cm³/mol. The minimum Gasteiger partial charge on any atom is -0.356 e. The Morgan fingerprint density at radius 2 is 1.95 bits per heavy atom. The molecule has 4 N–H and O–H groups in total. The summed E-state index contributed by atoms with van der Waals surface area (Å²) in [4.78, 5) is 23.6. The first-order valence-corrected chi connectivity index (χ1v) is 7.53. The largest absolute Gasteiger partial charge is 0.356 e. The van der Waals surface area contributed by atoms with Gasteiger partial charge in [-0.3, -0.25) is 9.59 Å². The molecular weight excluding hydrogens is 266 g/mol. The predicted octanol–water partition coefficient (Wildman–Crippen LogP) is 0.904. The maximum Gasteiger partial charge on any atom is 0.228 e. The van der Waals surface area contributed by atoms with Crippen molar-refractivity contribution in [3.63, 3.8) is 0 Å². The lowest BCUT2D eigenvalue weighted by atomic mass is 9.98. The van der Waals surface area contributed by atoms with Crippen LogP contribution in [0.5, 0.6) is 0 Å². The summed E-state index contributed by atoms with van der Waals surface area (Å²) in [6.45, 7) is 0.776. The van der Waals surface area contributed by atoms with Gasteiger partial charge in [0.05, 0.1) is 5.92 Å². The number of nitrogens with one attached hydrogen (secondary N) is 2. The number of carbonyl (C=O) groups excluding carboxylic acids is 2. The quantitative estimate of drug-likeness (QED) is 0.622. The van der Waals surface area contributed by atoms with E-state index in [0.717, 1.165) is 18.4 Å². The second kappa shape index (κ2) is 7.78. The zero-order chi connectivity index (χ0) is 15.1. The van der Waals surface area contributed by atoms with Crippen molar-refractivity contribution >= 4 is 11.8 Å². The molecule has 0 saturated heterocycles. The van der Waals surface area contributed by atoms with Gasteiger partial charge in [-0.25, -0.2) is 0 Å². The molecule has 0 aromatic heterocycles. The monoisotopic (exact) mass is 289 g/mol. The van der Waals surface area contributed by atoms with Crippen LogP contribution >= 0.6 is 0 Å². The average Bonchev–Trinajstić information content (AvgIpc) is 3.29. The molecule has 0 radical (unpaired) electrons. The second-order valence-corrected chi connectivity index (χ2v) is 5.44. The molecule has 1 aliphatic rings. The molecule has 5 nitrogen and oxygen atoms in total. The molecule has 0 aliphatic heterocycles. The maximum absolute atomic E-state index is 12.1. The van der Waals surface area contributed by atoms with E-state index in [1.165, 1.54) is 0 Å². The van der Waals surface area contributed by atoms with Crippen LogP contribution in [0.2, 0.25) is 0 Å². The molecule has 1 aliphatic carbocycles. The van der Waals surface area contributed by atoms with Crippen LogP contribution in [0.4, 0.5) is 0 Å². The fourth-order valence-corrected chi connectivity index (χ4v) is 2.19. The van der Waals surface area contributed by atoms with Crippen LogP contribution in [0.15, 0.2) is 30.3 Å². The van der Waals surface area contributed by atoms with Gasteiger partial charge in [-0.15, -0.1) is 0 Å². The average molecular weight is 289 g/mol. The zero-order valence-electron chi connectivity index (χ0n) is 12.2. The smallest absolute Gasteiger partial charge is 0.228 e. The van der Waals surface area contributed by atoms with E-state index in [1.54, 1.807) is 0 Å². The molecule has 0 heterocycles. The number of benzene rings is 1. The SMILES string of the molecule is NCC(C(=O)NCCCC(=O)NC1CC1)c1ccccc1. The first-order valence-electron chi connectivity index (χ1n) is 7.53. The third-order valence-electron chi connectivity index (χ3n) is 3.58. The van der Waals surface area contributed by atoms with Gasteiger partial charge in [0.15, 0.2) is 0 Å². The van der Waals surface area contributed by atoms with Crippen LogP contribution in [-0.2, 0) is 9.59 Å². The summed E-state index contributed by atoms with van der Waals surface area (Å²) >= 11 is 0. The number of amides is 2. The van der Waals surface area contributed by atoms with Crippen molar-refractivity contribution in [3.05, 3.63) is 35.9 Å². The Bertz CT molecular complexity index is 472. The summed E-state index contributed by atoms with van der Waals surface area (Å²) in [6.07, 6.45) is 3.29. The van der Waals surface area contributed by atoms with Crippen molar-refractivity contribution in [1.29, 1.82) is 0 Å². The molecule has 0 spiro atoms. The van der Waals surface area contributed by atoms with Crippen LogP contribution < -0.4 is 16.4 Å². The van der Waals surface area contributed by atoms with Gasteiger partial charge in [0.2, 0.25) is 11.8 Å². The molecule has 1 atom stereocenters. The van der Waals surface area contributed by atoms with Gasteiger partial charge in [0.1, 0.15) is 0 Å². The minimum absolute atomic E-state index is 0.0742. The van der Waals surface area contributed by atoms with E-state index >= 15 is 0 Å². The Labute approximate surface area is 125 Å². The van der Waals surface area contributed by atoms with Gasteiger partial charge < -0.3 is 16.4 Å². The van der Waals surface area contributed by atoms with Crippen molar-refractivity contribution < 1.29 is 9.59 Å². The van der Waals surface area contributed by atoms with Gasteiger partial charge in [0.25, 0.3) is 0 Å². The molecule has 2 amide bonds. The highest BCUT2D eigenvalue weighted by molar-refractivity contribution is 5.84. The standard InChI is InChI=1S/C16H23N3O2/c17-11-14(12-5-2-1-3-6-12)16(21)18-10-4-7-15(20)19-13-8-9-13/h1-3,5-6,13-14H,4,7-11,17H2,(H,18,21)(H,19,20). The van der Waals surface area contributed by atoms with Gasteiger partial charge in [-0.1, -0.05) is 30.3 Å². The summed E-state index contributed by atoms with van der Waals surface area (Å²) in [7, 11) is 0. The highest BCUT2D eigenvalue weighted by Crippen LogP contribution is 2.18. The van der Waals surface area contributed by atoms with E-state index in [0.29, 0.717) is 25.4 Å². The summed E-state index contributed by atoms with van der Waals surface area (Å²) in [6, 6.07) is 9.90.